The van der Waals surface area contributed by atoms with Crippen LogP contribution in [0.25, 0.3) is 33.6 Å². The molecule has 0 saturated heterocycles. The van der Waals surface area contributed by atoms with Gasteiger partial charge in [0.15, 0.2) is 17.4 Å². The highest BCUT2D eigenvalue weighted by molar-refractivity contribution is 5.79. The van der Waals surface area contributed by atoms with E-state index in [4.69, 9.17) is 16.2 Å². The van der Waals surface area contributed by atoms with Gasteiger partial charge in [-0.05, 0) is 68.2 Å². The molecule has 11 heteroatoms. The van der Waals surface area contributed by atoms with Gasteiger partial charge in [0, 0.05) is 42.4 Å². The van der Waals surface area contributed by atoms with Gasteiger partial charge in [0.05, 0.1) is 5.69 Å². The molecule has 3 aromatic carbocycles. The highest BCUT2D eigenvalue weighted by atomic mass is 16.5. The zero-order chi connectivity index (χ0) is 31.2. The molecule has 0 aliphatic heterocycles. The third-order valence-corrected chi connectivity index (χ3v) is 7.09. The number of rotatable bonds is 11. The van der Waals surface area contributed by atoms with Crippen LogP contribution in [0.3, 0.4) is 0 Å². The first-order chi connectivity index (χ1) is 21.2. The summed E-state index contributed by atoms with van der Waals surface area (Å²) in [5.74, 6) is 1.19. The molecule has 2 heterocycles. The van der Waals surface area contributed by atoms with Gasteiger partial charge in [-0.3, -0.25) is 4.90 Å². The normalized spacial score (nSPS) is 11.3. The number of nitrogens with two attached hydrogens (primary N) is 2. The smallest absolute Gasteiger partial charge is 0.188 e. The van der Waals surface area contributed by atoms with E-state index in [1.54, 1.807) is 30.3 Å². The number of nitrogens with zero attached hydrogens (tertiary/aromatic N) is 6. The van der Waals surface area contributed by atoms with E-state index in [9.17, 15) is 10.2 Å². The second-order valence-corrected chi connectivity index (χ2v) is 10.9. The number of likely N-dealkylation sites (N-methyl/N-ethyl adjacent to an activating group) is 1. The molecule has 6 N–H and O–H groups in total. The minimum atomic E-state index is 0.102. The molecule has 0 bridgehead atoms. The lowest BCUT2D eigenvalue weighted by atomic mass is 10.0. The average molecular weight is 593 g/mol. The Morgan fingerprint density at radius 2 is 1.30 bits per heavy atom. The van der Waals surface area contributed by atoms with E-state index >= 15 is 0 Å². The number of anilines is 2. The largest absolute Gasteiger partial charge is 0.507 e. The SMILES string of the molecule is CN(C)CCOc1cc(-c2ccc(CN(C)Cc3ccc(-c4cc(-c5ccccc5O)nnc4N)cc3)cc2O)nnc1N. The van der Waals surface area contributed by atoms with E-state index in [2.05, 4.69) is 25.3 Å². The molecule has 0 spiro atoms. The third-order valence-electron chi connectivity index (χ3n) is 7.09. The van der Waals surface area contributed by atoms with Gasteiger partial charge in [0.2, 0.25) is 0 Å². The van der Waals surface area contributed by atoms with Crippen LogP contribution in [0.5, 0.6) is 17.2 Å². The molecule has 0 amide bonds. The molecule has 5 rings (SSSR count). The summed E-state index contributed by atoms with van der Waals surface area (Å²) < 4.78 is 5.77. The Morgan fingerprint density at radius 3 is 2.00 bits per heavy atom. The molecule has 226 valence electrons. The van der Waals surface area contributed by atoms with E-state index < -0.39 is 0 Å². The fourth-order valence-corrected chi connectivity index (χ4v) is 4.78. The first-order valence-electron chi connectivity index (χ1n) is 14.1. The summed E-state index contributed by atoms with van der Waals surface area (Å²) in [6.07, 6.45) is 0. The van der Waals surface area contributed by atoms with Gasteiger partial charge < -0.3 is 31.3 Å². The quantitative estimate of drug-likeness (QED) is 0.172. The van der Waals surface area contributed by atoms with Crippen molar-refractivity contribution in [2.45, 2.75) is 13.1 Å². The highest BCUT2D eigenvalue weighted by Crippen LogP contribution is 2.33. The van der Waals surface area contributed by atoms with Gasteiger partial charge in [-0.1, -0.05) is 42.5 Å². The fourth-order valence-electron chi connectivity index (χ4n) is 4.78. The Bertz CT molecular complexity index is 1740. The molecule has 0 saturated carbocycles. The van der Waals surface area contributed by atoms with Crippen LogP contribution < -0.4 is 16.2 Å². The van der Waals surface area contributed by atoms with Crippen LogP contribution in [0.1, 0.15) is 11.1 Å². The molecule has 0 aliphatic carbocycles. The minimum absolute atomic E-state index is 0.102. The van der Waals surface area contributed by atoms with Crippen molar-refractivity contribution in [3.05, 3.63) is 90.0 Å². The third kappa shape index (κ3) is 7.20. The molecule has 2 aromatic heterocycles. The maximum Gasteiger partial charge on any atom is 0.188 e. The van der Waals surface area contributed by atoms with Crippen molar-refractivity contribution in [2.75, 3.05) is 45.8 Å². The number of aromatic hydroxyl groups is 2. The van der Waals surface area contributed by atoms with Crippen molar-refractivity contribution in [3.8, 4) is 50.9 Å². The molecular formula is C33H36N8O3. The number of hydrogen-bond acceptors (Lipinski definition) is 11. The number of ether oxygens (including phenoxy) is 1. The van der Waals surface area contributed by atoms with Crippen LogP contribution in [-0.2, 0) is 13.1 Å². The maximum absolute atomic E-state index is 10.8. The molecule has 0 unspecified atom stereocenters. The van der Waals surface area contributed by atoms with Gasteiger partial charge in [-0.2, -0.15) is 0 Å². The molecule has 0 aliphatic rings. The van der Waals surface area contributed by atoms with Crippen molar-refractivity contribution in [3.63, 3.8) is 0 Å². The summed E-state index contributed by atoms with van der Waals surface area (Å²) >= 11 is 0. The van der Waals surface area contributed by atoms with E-state index in [1.165, 1.54) is 0 Å². The summed E-state index contributed by atoms with van der Waals surface area (Å²) in [6.45, 7) is 2.49. The molecule has 0 fully saturated rings. The van der Waals surface area contributed by atoms with Crippen molar-refractivity contribution in [2.24, 2.45) is 0 Å². The zero-order valence-electron chi connectivity index (χ0n) is 25.0. The van der Waals surface area contributed by atoms with E-state index in [0.29, 0.717) is 53.8 Å². The van der Waals surface area contributed by atoms with Gasteiger partial charge in [0.25, 0.3) is 0 Å². The van der Waals surface area contributed by atoms with Crippen LogP contribution in [-0.4, -0.2) is 74.7 Å². The summed E-state index contributed by atoms with van der Waals surface area (Å²) in [5.41, 5.74) is 18.0. The number of aromatic nitrogens is 4. The predicted molar refractivity (Wildman–Crippen MR) is 172 cm³/mol. The van der Waals surface area contributed by atoms with Gasteiger partial charge >= 0.3 is 0 Å². The predicted octanol–water partition coefficient (Wildman–Crippen LogP) is 4.42. The van der Waals surface area contributed by atoms with Crippen molar-refractivity contribution >= 4 is 11.6 Å². The second-order valence-electron chi connectivity index (χ2n) is 10.9. The monoisotopic (exact) mass is 592 g/mol. The number of benzene rings is 3. The number of hydrogen-bond donors (Lipinski definition) is 4. The summed E-state index contributed by atoms with van der Waals surface area (Å²) in [7, 11) is 5.94. The van der Waals surface area contributed by atoms with Crippen molar-refractivity contribution < 1.29 is 14.9 Å². The molecular weight excluding hydrogens is 556 g/mol. The average Bonchev–Trinajstić information content (AvgIpc) is 2.99. The second kappa shape index (κ2) is 13.4. The Labute approximate surface area is 256 Å². The molecule has 44 heavy (non-hydrogen) atoms. The minimum Gasteiger partial charge on any atom is -0.507 e. The van der Waals surface area contributed by atoms with Crippen LogP contribution in [0, 0.1) is 0 Å². The van der Waals surface area contributed by atoms with Crippen molar-refractivity contribution in [1.82, 2.24) is 30.2 Å². The molecule has 0 atom stereocenters. The van der Waals surface area contributed by atoms with Crippen molar-refractivity contribution in [1.29, 1.82) is 0 Å². The Morgan fingerprint density at radius 1 is 0.659 bits per heavy atom. The highest BCUT2D eigenvalue weighted by Gasteiger charge is 2.14. The maximum atomic E-state index is 10.8. The van der Waals surface area contributed by atoms with E-state index in [1.807, 2.05) is 74.6 Å². The Kier molecular flexibility index (Phi) is 9.17. The van der Waals surface area contributed by atoms with Gasteiger partial charge in [0.1, 0.15) is 23.8 Å². The number of phenols is 2. The molecule has 11 nitrogen and oxygen atoms in total. The summed E-state index contributed by atoms with van der Waals surface area (Å²) in [5, 5.41) is 37.5. The Balaban J connectivity index is 1.24. The number of para-hydroxylation sites is 1. The fraction of sp³-hybridized carbons (Fsp3) is 0.212. The summed E-state index contributed by atoms with van der Waals surface area (Å²) in [4.78, 5) is 4.16. The first-order valence-corrected chi connectivity index (χ1v) is 14.1. The van der Waals surface area contributed by atoms with E-state index in [0.717, 1.165) is 28.8 Å². The van der Waals surface area contributed by atoms with Crippen LogP contribution in [0.2, 0.25) is 0 Å². The first kappa shape index (κ1) is 30.2. The topological polar surface area (TPSA) is 160 Å². The van der Waals surface area contributed by atoms with Crippen LogP contribution >= 0.6 is 0 Å². The van der Waals surface area contributed by atoms with Gasteiger partial charge in [-0.25, -0.2) is 0 Å². The lowest BCUT2D eigenvalue weighted by molar-refractivity contribution is 0.261. The number of nitrogen functional groups attached to an aromatic ring is 2. The van der Waals surface area contributed by atoms with Crippen LogP contribution in [0.4, 0.5) is 11.6 Å². The van der Waals surface area contributed by atoms with E-state index in [-0.39, 0.29) is 17.3 Å². The van der Waals surface area contributed by atoms with Gasteiger partial charge in [-0.15, -0.1) is 20.4 Å². The lowest BCUT2D eigenvalue weighted by Crippen LogP contribution is -2.20. The van der Waals surface area contributed by atoms with Crippen LogP contribution in [0.15, 0.2) is 78.9 Å². The summed E-state index contributed by atoms with van der Waals surface area (Å²) in [6, 6.07) is 24.1. The molecule has 5 aromatic rings. The Hall–Kier alpha value is -5.26. The zero-order valence-corrected chi connectivity index (χ0v) is 25.0. The lowest BCUT2D eigenvalue weighted by Gasteiger charge is -2.18. The standard InChI is InChI=1S/C33H36N8O3/c1-40(2)14-15-44-31-18-28(37-39-33(31)35)25-13-10-22(16-30(25)43)20-41(3)19-21-8-11-23(12-9-21)26-17-27(36-38-32(26)34)24-6-4-5-7-29(24)42/h4-13,16-18,42-43H,14-15,19-20H2,1-3H3,(H2,34,38)(H2,35,39). The molecule has 0 radical (unpaired) electrons. The number of phenolic OH excluding ortho intramolecular Hbond substituents is 2.